The van der Waals surface area contributed by atoms with Crippen LogP contribution in [0, 0.1) is 27.2 Å². The number of non-ortho nitro benzene ring substituents is 1. The summed E-state index contributed by atoms with van der Waals surface area (Å²) in [6.45, 7) is 1.47. The van der Waals surface area contributed by atoms with E-state index in [2.05, 4.69) is 5.32 Å². The average molecular weight is 535 g/mol. The second-order valence-electron chi connectivity index (χ2n) is 8.02. The maximum atomic E-state index is 12.7. The highest BCUT2D eigenvalue weighted by molar-refractivity contribution is 8.18. The summed E-state index contributed by atoms with van der Waals surface area (Å²) in [7, 11) is 0. The van der Waals surface area contributed by atoms with Crippen molar-refractivity contribution in [1.82, 2.24) is 4.90 Å². The van der Waals surface area contributed by atoms with Gasteiger partial charge in [0.1, 0.15) is 12.3 Å². The number of ether oxygens (including phenoxy) is 1. The van der Waals surface area contributed by atoms with Crippen LogP contribution in [0.15, 0.2) is 71.6 Å². The van der Waals surface area contributed by atoms with E-state index in [0.717, 1.165) is 28.7 Å². The first-order valence-electron chi connectivity index (χ1n) is 10.9. The largest absolute Gasteiger partial charge is 0.450 e. The normalized spacial score (nSPS) is 14.0. The number of amides is 3. The molecule has 13 heteroatoms. The van der Waals surface area contributed by atoms with Crippen LogP contribution < -0.4 is 10.1 Å². The van der Waals surface area contributed by atoms with Crippen LogP contribution in [0.5, 0.6) is 11.5 Å². The van der Waals surface area contributed by atoms with Crippen molar-refractivity contribution in [3.63, 3.8) is 0 Å². The highest BCUT2D eigenvalue weighted by Crippen LogP contribution is 2.35. The predicted molar refractivity (Wildman–Crippen MR) is 139 cm³/mol. The van der Waals surface area contributed by atoms with Gasteiger partial charge in [0.25, 0.3) is 16.8 Å². The number of hydrogen-bond donors (Lipinski definition) is 1. The highest BCUT2D eigenvalue weighted by atomic mass is 32.2. The van der Waals surface area contributed by atoms with Crippen LogP contribution in [0.3, 0.4) is 0 Å². The summed E-state index contributed by atoms with van der Waals surface area (Å²) in [5, 5.41) is 24.3. The topological polar surface area (TPSA) is 162 Å². The predicted octanol–water partition coefficient (Wildman–Crippen LogP) is 5.28. The number of anilines is 1. The molecule has 38 heavy (non-hydrogen) atoms. The summed E-state index contributed by atoms with van der Waals surface area (Å²) in [5.74, 6) is -1.10. The van der Waals surface area contributed by atoms with Crippen LogP contribution in [0.2, 0.25) is 0 Å². The molecule has 0 saturated carbocycles. The van der Waals surface area contributed by atoms with E-state index in [1.54, 1.807) is 24.3 Å². The van der Waals surface area contributed by atoms with Gasteiger partial charge in [-0.1, -0.05) is 29.8 Å². The number of nitro groups is 2. The van der Waals surface area contributed by atoms with Crippen molar-refractivity contribution < 1.29 is 29.0 Å². The van der Waals surface area contributed by atoms with Crippen molar-refractivity contribution in [2.45, 2.75) is 6.92 Å². The molecule has 0 radical (unpaired) electrons. The Morgan fingerprint density at radius 1 is 1.00 bits per heavy atom. The number of nitrogens with zero attached hydrogens (tertiary/aromatic N) is 3. The fourth-order valence-corrected chi connectivity index (χ4v) is 4.21. The summed E-state index contributed by atoms with van der Waals surface area (Å²) < 4.78 is 5.52. The molecule has 1 aliphatic rings. The van der Waals surface area contributed by atoms with Crippen molar-refractivity contribution in [3.8, 4) is 11.5 Å². The standard InChI is InChI=1S/C25H18N4O8S/c1-15-2-6-17(7-3-15)26-23(30)14-27-24(31)22(38-25(27)32)12-16-4-9-19(10-5-16)37-21-11-8-18(28(33)34)13-20(21)29(35)36/h2-13H,14H2,1H3,(H,26,30)/b22-12+. The minimum absolute atomic E-state index is 0.123. The molecule has 0 bridgehead atoms. The molecule has 0 atom stereocenters. The van der Waals surface area contributed by atoms with E-state index in [0.29, 0.717) is 23.0 Å². The van der Waals surface area contributed by atoms with Gasteiger partial charge in [-0.25, -0.2) is 0 Å². The molecule has 4 rings (SSSR count). The zero-order valence-electron chi connectivity index (χ0n) is 19.7. The van der Waals surface area contributed by atoms with E-state index >= 15 is 0 Å². The quantitative estimate of drug-likeness (QED) is 0.230. The first-order valence-corrected chi connectivity index (χ1v) is 11.7. The van der Waals surface area contributed by atoms with Crippen molar-refractivity contribution in [1.29, 1.82) is 0 Å². The number of carbonyl (C=O) groups is 3. The average Bonchev–Trinajstić information content (AvgIpc) is 3.13. The van der Waals surface area contributed by atoms with E-state index in [9.17, 15) is 34.6 Å². The van der Waals surface area contributed by atoms with Crippen LogP contribution >= 0.6 is 11.8 Å². The maximum absolute atomic E-state index is 12.7. The van der Waals surface area contributed by atoms with Gasteiger partial charge in [-0.2, -0.15) is 0 Å². The SMILES string of the molecule is Cc1ccc(NC(=O)CN2C(=O)S/C(=C/c3ccc(Oc4ccc([N+](=O)[O-])cc4[N+](=O)[O-])cc3)C2=O)cc1. The fraction of sp³-hybridized carbons (Fsp3) is 0.0800. The number of rotatable bonds is 8. The van der Waals surface area contributed by atoms with E-state index < -0.39 is 44.8 Å². The first-order chi connectivity index (χ1) is 18.1. The summed E-state index contributed by atoms with van der Waals surface area (Å²) in [6, 6.07) is 16.2. The Morgan fingerprint density at radius 3 is 2.32 bits per heavy atom. The molecule has 1 fully saturated rings. The van der Waals surface area contributed by atoms with Gasteiger partial charge in [0, 0.05) is 11.8 Å². The molecule has 1 aliphatic heterocycles. The van der Waals surface area contributed by atoms with Gasteiger partial charge in [0.2, 0.25) is 11.7 Å². The van der Waals surface area contributed by atoms with Crippen molar-refractivity contribution in [2.75, 3.05) is 11.9 Å². The van der Waals surface area contributed by atoms with Crippen LogP contribution in [0.1, 0.15) is 11.1 Å². The molecular formula is C25H18N4O8S. The Hall–Kier alpha value is -5.04. The van der Waals surface area contributed by atoms with Crippen molar-refractivity contribution >= 4 is 52.0 Å². The number of nitro benzene ring substituents is 2. The summed E-state index contributed by atoms with van der Waals surface area (Å²) in [6.07, 6.45) is 1.47. The number of benzene rings is 3. The zero-order chi connectivity index (χ0) is 27.4. The molecule has 192 valence electrons. The van der Waals surface area contributed by atoms with Gasteiger partial charge in [0.05, 0.1) is 20.8 Å². The van der Waals surface area contributed by atoms with E-state index in [1.165, 1.54) is 18.2 Å². The van der Waals surface area contributed by atoms with Crippen molar-refractivity contribution in [3.05, 3.63) is 103 Å². The first kappa shape index (κ1) is 26.0. The monoisotopic (exact) mass is 534 g/mol. The lowest BCUT2D eigenvalue weighted by Gasteiger charge is -2.12. The van der Waals surface area contributed by atoms with Gasteiger partial charge in [-0.15, -0.1) is 0 Å². The van der Waals surface area contributed by atoms with E-state index in [1.807, 2.05) is 19.1 Å². The maximum Gasteiger partial charge on any atom is 0.318 e. The number of aryl methyl sites for hydroxylation is 1. The van der Waals surface area contributed by atoms with E-state index in [-0.39, 0.29) is 16.4 Å². The van der Waals surface area contributed by atoms with Crippen LogP contribution in [0.25, 0.3) is 6.08 Å². The number of carbonyl (C=O) groups excluding carboxylic acids is 3. The van der Waals surface area contributed by atoms with Gasteiger partial charge < -0.3 is 10.1 Å². The van der Waals surface area contributed by atoms with Gasteiger partial charge in [0.15, 0.2) is 0 Å². The molecule has 0 aliphatic carbocycles. The molecule has 3 aromatic carbocycles. The molecule has 3 amide bonds. The Labute approximate surface area is 219 Å². The third-order valence-electron chi connectivity index (χ3n) is 5.27. The minimum Gasteiger partial charge on any atom is -0.450 e. The van der Waals surface area contributed by atoms with Crippen LogP contribution in [0.4, 0.5) is 21.9 Å². The highest BCUT2D eigenvalue weighted by Gasteiger charge is 2.36. The van der Waals surface area contributed by atoms with Gasteiger partial charge >= 0.3 is 5.69 Å². The van der Waals surface area contributed by atoms with Crippen LogP contribution in [-0.4, -0.2) is 38.3 Å². The number of thioether (sulfide) groups is 1. The molecule has 1 heterocycles. The van der Waals surface area contributed by atoms with Crippen molar-refractivity contribution in [2.24, 2.45) is 0 Å². The molecule has 1 N–H and O–H groups in total. The summed E-state index contributed by atoms with van der Waals surface area (Å²) in [4.78, 5) is 59.1. The second kappa shape index (κ2) is 10.9. The Morgan fingerprint density at radius 2 is 1.68 bits per heavy atom. The Bertz CT molecular complexity index is 1490. The molecule has 0 unspecified atom stereocenters. The summed E-state index contributed by atoms with van der Waals surface area (Å²) >= 11 is 0.700. The molecule has 12 nitrogen and oxygen atoms in total. The Kier molecular flexibility index (Phi) is 7.48. The van der Waals surface area contributed by atoms with E-state index in [4.69, 9.17) is 4.74 Å². The Balaban J connectivity index is 1.43. The molecule has 0 spiro atoms. The minimum atomic E-state index is -0.784. The second-order valence-corrected chi connectivity index (χ2v) is 9.01. The number of imide groups is 1. The number of hydrogen-bond acceptors (Lipinski definition) is 9. The van der Waals surface area contributed by atoms with Crippen LogP contribution in [-0.2, 0) is 9.59 Å². The van der Waals surface area contributed by atoms with Gasteiger partial charge in [-0.05, 0) is 60.7 Å². The summed E-state index contributed by atoms with van der Waals surface area (Å²) in [5.41, 5.74) is 1.09. The third-order valence-corrected chi connectivity index (χ3v) is 6.17. The zero-order valence-corrected chi connectivity index (χ0v) is 20.5. The number of nitrogens with one attached hydrogen (secondary N) is 1. The fourth-order valence-electron chi connectivity index (χ4n) is 3.38. The molecule has 3 aromatic rings. The third kappa shape index (κ3) is 6.02. The smallest absolute Gasteiger partial charge is 0.318 e. The lowest BCUT2D eigenvalue weighted by Crippen LogP contribution is -2.36. The molecular weight excluding hydrogens is 516 g/mol. The lowest BCUT2D eigenvalue weighted by molar-refractivity contribution is -0.394. The lowest BCUT2D eigenvalue weighted by atomic mass is 10.2. The molecule has 1 saturated heterocycles. The van der Waals surface area contributed by atoms with Gasteiger partial charge in [-0.3, -0.25) is 39.5 Å². The molecule has 0 aromatic heterocycles.